The van der Waals surface area contributed by atoms with Crippen molar-refractivity contribution in [2.45, 2.75) is 18.9 Å². The number of carboxylic acid groups (broad SMARTS) is 1. The molecule has 15 heavy (non-hydrogen) atoms. The van der Waals surface area contributed by atoms with Crippen molar-refractivity contribution in [3.8, 4) is 0 Å². The Morgan fingerprint density at radius 2 is 2.07 bits per heavy atom. The van der Waals surface area contributed by atoms with Crippen LogP contribution in [0.1, 0.15) is 12.8 Å². The van der Waals surface area contributed by atoms with Crippen molar-refractivity contribution in [2.24, 2.45) is 17.8 Å². The summed E-state index contributed by atoms with van der Waals surface area (Å²) in [4.78, 5) is 13.3. The molecule has 1 aliphatic carbocycles. The van der Waals surface area contributed by atoms with E-state index in [9.17, 15) is 4.79 Å². The van der Waals surface area contributed by atoms with E-state index in [0.717, 1.165) is 32.7 Å². The van der Waals surface area contributed by atoms with Gasteiger partial charge in [-0.25, -0.2) is 0 Å². The minimum atomic E-state index is -0.593. The van der Waals surface area contributed by atoms with Gasteiger partial charge < -0.3 is 9.84 Å². The number of carbonyl (C=O) groups is 1. The number of hydrogen-bond donors (Lipinski definition) is 1. The van der Waals surface area contributed by atoms with Gasteiger partial charge in [-0.3, -0.25) is 9.69 Å². The fourth-order valence-corrected chi connectivity index (χ4v) is 3.24. The lowest BCUT2D eigenvalue weighted by Crippen LogP contribution is -2.41. The first kappa shape index (κ1) is 9.60. The van der Waals surface area contributed by atoms with Gasteiger partial charge in [0.25, 0.3) is 0 Å². The Bertz CT molecular complexity index is 263. The van der Waals surface area contributed by atoms with E-state index in [4.69, 9.17) is 9.84 Å². The number of piperidine rings is 1. The largest absolute Gasteiger partial charge is 0.481 e. The maximum atomic E-state index is 10.8. The lowest BCUT2D eigenvalue weighted by Gasteiger charge is -2.32. The third kappa shape index (κ3) is 1.56. The van der Waals surface area contributed by atoms with Crippen molar-refractivity contribution >= 4 is 5.97 Å². The fraction of sp³-hybridized carbons (Fsp3) is 0.909. The lowest BCUT2D eigenvalue weighted by molar-refractivity contribution is -0.139. The molecule has 0 spiro atoms. The summed E-state index contributed by atoms with van der Waals surface area (Å²) < 4.78 is 5.46. The third-order valence-electron chi connectivity index (χ3n) is 4.16. The van der Waals surface area contributed by atoms with Gasteiger partial charge in [0.1, 0.15) is 0 Å². The molecule has 84 valence electrons. The Kier molecular flexibility index (Phi) is 2.21. The van der Waals surface area contributed by atoms with Gasteiger partial charge in [0.05, 0.1) is 12.5 Å². The normalized spacial score (nSPS) is 45.1. The van der Waals surface area contributed by atoms with Gasteiger partial charge in [-0.1, -0.05) is 0 Å². The molecule has 1 N–H and O–H groups in total. The summed E-state index contributed by atoms with van der Waals surface area (Å²) in [5, 5.41) is 8.91. The Hall–Kier alpha value is -0.610. The first-order valence-electron chi connectivity index (χ1n) is 5.82. The highest BCUT2D eigenvalue weighted by Gasteiger charge is 2.60. The van der Waals surface area contributed by atoms with Gasteiger partial charge in [-0.05, 0) is 24.7 Å². The smallest absolute Gasteiger partial charge is 0.307 e. The SMILES string of the molecule is O=C(O)C1[C@H]2CN(C3CCCOC3)C[C@@H]12. The standard InChI is InChI=1S/C11H17NO3/c13-11(14)10-8-4-12(5-9(8)10)7-2-1-3-15-6-7/h7-10H,1-6H2,(H,13,14)/t7?,8-,9+,10?. The summed E-state index contributed by atoms with van der Waals surface area (Å²) in [6, 6.07) is 0.556. The Morgan fingerprint density at radius 1 is 1.33 bits per heavy atom. The van der Waals surface area contributed by atoms with Crippen LogP contribution in [-0.2, 0) is 9.53 Å². The molecule has 2 aliphatic heterocycles. The average molecular weight is 211 g/mol. The highest BCUT2D eigenvalue weighted by atomic mass is 16.5. The second-order valence-electron chi connectivity index (χ2n) is 5.02. The van der Waals surface area contributed by atoms with Crippen molar-refractivity contribution in [3.63, 3.8) is 0 Å². The van der Waals surface area contributed by atoms with Gasteiger partial charge in [-0.2, -0.15) is 0 Å². The van der Waals surface area contributed by atoms with Crippen molar-refractivity contribution < 1.29 is 14.6 Å². The quantitative estimate of drug-likeness (QED) is 0.719. The van der Waals surface area contributed by atoms with E-state index in [1.807, 2.05) is 0 Å². The van der Waals surface area contributed by atoms with Crippen molar-refractivity contribution in [2.75, 3.05) is 26.3 Å². The predicted octanol–water partition coefficient (Wildman–Crippen LogP) is 0.428. The maximum Gasteiger partial charge on any atom is 0.307 e. The van der Waals surface area contributed by atoms with Gasteiger partial charge in [0, 0.05) is 25.7 Å². The molecule has 2 unspecified atom stereocenters. The molecule has 0 aromatic heterocycles. The first-order valence-corrected chi connectivity index (χ1v) is 5.82. The van der Waals surface area contributed by atoms with Crippen LogP contribution in [0.25, 0.3) is 0 Å². The number of rotatable bonds is 2. The van der Waals surface area contributed by atoms with Crippen LogP contribution in [0, 0.1) is 17.8 Å². The molecular formula is C11H17NO3. The number of ether oxygens (including phenoxy) is 1. The highest BCUT2D eigenvalue weighted by Crippen LogP contribution is 2.52. The summed E-state index contributed by atoms with van der Waals surface area (Å²) in [7, 11) is 0. The molecule has 3 fully saturated rings. The molecule has 0 bridgehead atoms. The second-order valence-corrected chi connectivity index (χ2v) is 5.02. The molecule has 1 saturated carbocycles. The maximum absolute atomic E-state index is 10.8. The van der Waals surface area contributed by atoms with E-state index in [1.54, 1.807) is 0 Å². The molecule has 0 aromatic rings. The van der Waals surface area contributed by atoms with E-state index in [2.05, 4.69) is 4.90 Å². The molecule has 3 rings (SSSR count). The van der Waals surface area contributed by atoms with E-state index < -0.39 is 5.97 Å². The summed E-state index contributed by atoms with van der Waals surface area (Å²) in [5.41, 5.74) is 0. The van der Waals surface area contributed by atoms with E-state index in [0.29, 0.717) is 17.9 Å². The summed E-state index contributed by atoms with van der Waals surface area (Å²) in [6.45, 7) is 3.71. The minimum absolute atomic E-state index is 0.0363. The Morgan fingerprint density at radius 3 is 2.60 bits per heavy atom. The lowest BCUT2D eigenvalue weighted by atomic mass is 10.1. The molecule has 0 amide bonds. The fourth-order valence-electron chi connectivity index (χ4n) is 3.24. The van der Waals surface area contributed by atoms with Crippen LogP contribution in [0.3, 0.4) is 0 Å². The van der Waals surface area contributed by atoms with Crippen LogP contribution in [-0.4, -0.2) is 48.3 Å². The van der Waals surface area contributed by atoms with Crippen LogP contribution in [0.2, 0.25) is 0 Å². The molecule has 2 saturated heterocycles. The molecule has 4 nitrogen and oxygen atoms in total. The number of carboxylic acids is 1. The van der Waals surface area contributed by atoms with Crippen molar-refractivity contribution in [1.82, 2.24) is 4.90 Å². The van der Waals surface area contributed by atoms with Crippen LogP contribution in [0.15, 0.2) is 0 Å². The van der Waals surface area contributed by atoms with Crippen LogP contribution < -0.4 is 0 Å². The van der Waals surface area contributed by atoms with Crippen molar-refractivity contribution in [1.29, 1.82) is 0 Å². The van der Waals surface area contributed by atoms with E-state index in [-0.39, 0.29) is 5.92 Å². The molecule has 4 heteroatoms. The second kappa shape index (κ2) is 3.46. The number of hydrogen-bond acceptors (Lipinski definition) is 3. The zero-order chi connectivity index (χ0) is 10.4. The summed E-state index contributed by atoms with van der Waals surface area (Å²) >= 11 is 0. The molecule has 0 aromatic carbocycles. The van der Waals surface area contributed by atoms with Gasteiger partial charge in [0.15, 0.2) is 0 Å². The molecule has 3 aliphatic rings. The number of likely N-dealkylation sites (tertiary alicyclic amines) is 1. The van der Waals surface area contributed by atoms with Gasteiger partial charge in [0.2, 0.25) is 0 Å². The minimum Gasteiger partial charge on any atom is -0.481 e. The zero-order valence-electron chi connectivity index (χ0n) is 8.76. The third-order valence-corrected chi connectivity index (χ3v) is 4.16. The highest BCUT2D eigenvalue weighted by molar-refractivity contribution is 5.74. The predicted molar refractivity (Wildman–Crippen MR) is 53.5 cm³/mol. The number of nitrogens with zero attached hydrogens (tertiary/aromatic N) is 1. The monoisotopic (exact) mass is 211 g/mol. The van der Waals surface area contributed by atoms with Crippen LogP contribution in [0.5, 0.6) is 0 Å². The van der Waals surface area contributed by atoms with Gasteiger partial charge >= 0.3 is 5.97 Å². The number of fused-ring (bicyclic) bond motifs is 1. The Balaban J connectivity index is 1.54. The topological polar surface area (TPSA) is 49.8 Å². The first-order chi connectivity index (χ1) is 7.27. The summed E-state index contributed by atoms with van der Waals surface area (Å²) in [5.74, 6) is 0.240. The average Bonchev–Trinajstić information content (AvgIpc) is 2.77. The zero-order valence-corrected chi connectivity index (χ0v) is 8.76. The Labute approximate surface area is 89.2 Å². The molecule has 0 radical (unpaired) electrons. The van der Waals surface area contributed by atoms with Gasteiger partial charge in [-0.15, -0.1) is 0 Å². The molecule has 4 atom stereocenters. The van der Waals surface area contributed by atoms with Crippen LogP contribution in [0.4, 0.5) is 0 Å². The molecular weight excluding hydrogens is 194 g/mol. The van der Waals surface area contributed by atoms with Crippen molar-refractivity contribution in [3.05, 3.63) is 0 Å². The van der Waals surface area contributed by atoms with Crippen LogP contribution >= 0.6 is 0 Å². The van der Waals surface area contributed by atoms with E-state index in [1.165, 1.54) is 6.42 Å². The number of aliphatic carboxylic acids is 1. The van der Waals surface area contributed by atoms with E-state index >= 15 is 0 Å². The summed E-state index contributed by atoms with van der Waals surface area (Å²) in [6.07, 6.45) is 2.37. The molecule has 2 heterocycles.